The first-order valence-corrected chi connectivity index (χ1v) is 6.41. The van der Waals surface area contributed by atoms with Crippen molar-refractivity contribution in [3.05, 3.63) is 33.0 Å². The van der Waals surface area contributed by atoms with E-state index in [9.17, 15) is 4.39 Å². The second-order valence-electron chi connectivity index (χ2n) is 4.10. The third-order valence-electron chi connectivity index (χ3n) is 3.20. The summed E-state index contributed by atoms with van der Waals surface area (Å²) in [6.07, 6.45) is 3.36. The quantitative estimate of drug-likeness (QED) is 0.509. The molecular formula is C11H13BrClFN2. The molecule has 0 spiro atoms. The van der Waals surface area contributed by atoms with Gasteiger partial charge in [-0.05, 0) is 40.8 Å². The summed E-state index contributed by atoms with van der Waals surface area (Å²) in [5.74, 6) is 5.53. The molecular weight excluding hydrogens is 294 g/mol. The molecule has 1 aliphatic rings. The smallest absolute Gasteiger partial charge is 0.147 e. The molecule has 16 heavy (non-hydrogen) atoms. The van der Waals surface area contributed by atoms with E-state index in [1.807, 2.05) is 0 Å². The van der Waals surface area contributed by atoms with Crippen molar-refractivity contribution in [1.82, 2.24) is 5.43 Å². The average Bonchev–Trinajstić information content (AvgIpc) is 2.21. The molecule has 2 nitrogen and oxygen atoms in total. The lowest BCUT2D eigenvalue weighted by atomic mass is 9.77. The molecule has 1 unspecified atom stereocenters. The molecule has 0 saturated heterocycles. The Morgan fingerprint density at radius 2 is 2.19 bits per heavy atom. The van der Waals surface area contributed by atoms with Crippen molar-refractivity contribution in [1.29, 1.82) is 0 Å². The summed E-state index contributed by atoms with van der Waals surface area (Å²) in [6, 6.07) is 3.34. The number of hydrogen-bond donors (Lipinski definition) is 2. The zero-order chi connectivity index (χ0) is 11.7. The number of rotatable bonds is 3. The first kappa shape index (κ1) is 12.3. The van der Waals surface area contributed by atoms with Crippen molar-refractivity contribution in [3.8, 4) is 0 Å². The normalized spacial score (nSPS) is 18.2. The van der Waals surface area contributed by atoms with Crippen molar-refractivity contribution in [2.24, 2.45) is 11.8 Å². The second-order valence-corrected chi connectivity index (χ2v) is 5.33. The van der Waals surface area contributed by atoms with Crippen molar-refractivity contribution in [2.75, 3.05) is 0 Å². The van der Waals surface area contributed by atoms with Crippen LogP contribution in [0.3, 0.4) is 0 Å². The summed E-state index contributed by atoms with van der Waals surface area (Å²) >= 11 is 9.05. The molecule has 1 saturated carbocycles. The van der Waals surface area contributed by atoms with Gasteiger partial charge in [-0.1, -0.05) is 24.1 Å². The Morgan fingerprint density at radius 3 is 2.69 bits per heavy atom. The molecule has 0 amide bonds. The minimum atomic E-state index is -0.383. The Kier molecular flexibility index (Phi) is 3.85. The minimum absolute atomic E-state index is 0.122. The maximum Gasteiger partial charge on any atom is 0.147 e. The highest BCUT2D eigenvalue weighted by Crippen LogP contribution is 2.40. The second kappa shape index (κ2) is 5.00. The van der Waals surface area contributed by atoms with E-state index in [2.05, 4.69) is 21.4 Å². The highest BCUT2D eigenvalue weighted by atomic mass is 79.9. The lowest BCUT2D eigenvalue weighted by Crippen LogP contribution is -2.37. The fraction of sp³-hybridized carbons (Fsp3) is 0.455. The van der Waals surface area contributed by atoms with Gasteiger partial charge in [-0.3, -0.25) is 11.3 Å². The van der Waals surface area contributed by atoms with Crippen LogP contribution in [0.1, 0.15) is 30.9 Å². The fourth-order valence-corrected chi connectivity index (χ4v) is 2.51. The molecule has 5 heteroatoms. The van der Waals surface area contributed by atoms with Crippen molar-refractivity contribution >= 4 is 27.5 Å². The van der Waals surface area contributed by atoms with Crippen LogP contribution in [-0.2, 0) is 0 Å². The molecule has 2 rings (SSSR count). The van der Waals surface area contributed by atoms with Crippen LogP contribution in [0.2, 0.25) is 5.02 Å². The molecule has 0 aromatic heterocycles. The summed E-state index contributed by atoms with van der Waals surface area (Å²) in [5.41, 5.74) is 3.25. The van der Waals surface area contributed by atoms with E-state index in [0.717, 1.165) is 12.8 Å². The Hall–Kier alpha value is -0.160. The zero-order valence-corrected chi connectivity index (χ0v) is 11.0. The summed E-state index contributed by atoms with van der Waals surface area (Å²) in [6.45, 7) is 0. The molecule has 88 valence electrons. The number of nitrogens with two attached hydrogens (primary N) is 1. The van der Waals surface area contributed by atoms with E-state index in [1.165, 1.54) is 6.42 Å². The minimum Gasteiger partial charge on any atom is -0.271 e. The lowest BCUT2D eigenvalue weighted by molar-refractivity contribution is 0.228. The van der Waals surface area contributed by atoms with Gasteiger partial charge in [0.1, 0.15) is 5.82 Å². The number of nitrogens with one attached hydrogen (secondary N) is 1. The van der Waals surface area contributed by atoms with E-state index in [4.69, 9.17) is 17.4 Å². The fourth-order valence-electron chi connectivity index (χ4n) is 2.03. The number of hydrogen-bond acceptors (Lipinski definition) is 2. The molecule has 1 aliphatic carbocycles. The van der Waals surface area contributed by atoms with Crippen LogP contribution < -0.4 is 11.3 Å². The van der Waals surface area contributed by atoms with E-state index in [-0.39, 0.29) is 16.9 Å². The molecule has 1 atom stereocenters. The van der Waals surface area contributed by atoms with E-state index < -0.39 is 0 Å². The van der Waals surface area contributed by atoms with Crippen molar-refractivity contribution in [2.45, 2.75) is 25.3 Å². The Labute approximate surface area is 107 Å². The van der Waals surface area contributed by atoms with Gasteiger partial charge in [0.25, 0.3) is 0 Å². The maximum absolute atomic E-state index is 14.0. The van der Waals surface area contributed by atoms with Crippen LogP contribution in [0.15, 0.2) is 16.6 Å². The van der Waals surface area contributed by atoms with E-state index >= 15 is 0 Å². The molecule has 1 fully saturated rings. The number of benzene rings is 1. The third-order valence-corrected chi connectivity index (χ3v) is 4.46. The van der Waals surface area contributed by atoms with E-state index in [0.29, 0.717) is 16.0 Å². The first-order chi connectivity index (χ1) is 7.65. The van der Waals surface area contributed by atoms with E-state index in [1.54, 1.807) is 12.1 Å². The highest BCUT2D eigenvalue weighted by molar-refractivity contribution is 9.10. The van der Waals surface area contributed by atoms with Gasteiger partial charge in [-0.2, -0.15) is 0 Å². The van der Waals surface area contributed by atoms with Crippen molar-refractivity contribution < 1.29 is 4.39 Å². The SMILES string of the molecule is NNC(c1ccc(Br)c(Cl)c1F)C1CCC1. The van der Waals surface area contributed by atoms with Crippen LogP contribution in [0.25, 0.3) is 0 Å². The van der Waals surface area contributed by atoms with Crippen LogP contribution in [0.4, 0.5) is 4.39 Å². The summed E-state index contributed by atoms with van der Waals surface area (Å²) < 4.78 is 14.5. The maximum atomic E-state index is 14.0. The summed E-state index contributed by atoms with van der Waals surface area (Å²) in [4.78, 5) is 0. The van der Waals surface area contributed by atoms with Gasteiger partial charge in [0.05, 0.1) is 11.1 Å². The first-order valence-electron chi connectivity index (χ1n) is 5.24. The largest absolute Gasteiger partial charge is 0.271 e. The van der Waals surface area contributed by atoms with Gasteiger partial charge < -0.3 is 0 Å². The zero-order valence-electron chi connectivity index (χ0n) is 8.64. The van der Waals surface area contributed by atoms with Crippen LogP contribution in [0.5, 0.6) is 0 Å². The Balaban J connectivity index is 2.34. The van der Waals surface area contributed by atoms with Gasteiger partial charge in [0.2, 0.25) is 0 Å². The van der Waals surface area contributed by atoms with Gasteiger partial charge >= 0.3 is 0 Å². The summed E-state index contributed by atoms with van der Waals surface area (Å²) in [7, 11) is 0. The van der Waals surface area contributed by atoms with Crippen molar-refractivity contribution in [3.63, 3.8) is 0 Å². The van der Waals surface area contributed by atoms with Gasteiger partial charge in [-0.25, -0.2) is 4.39 Å². The van der Waals surface area contributed by atoms with Gasteiger partial charge in [-0.15, -0.1) is 0 Å². The van der Waals surface area contributed by atoms with Gasteiger partial charge in [0, 0.05) is 10.0 Å². The van der Waals surface area contributed by atoms with Crippen LogP contribution in [-0.4, -0.2) is 0 Å². The highest BCUT2D eigenvalue weighted by Gasteiger charge is 2.30. The summed E-state index contributed by atoms with van der Waals surface area (Å²) in [5, 5.41) is 0.122. The van der Waals surface area contributed by atoms with Gasteiger partial charge in [0.15, 0.2) is 0 Å². The third kappa shape index (κ3) is 2.12. The molecule has 0 heterocycles. The monoisotopic (exact) mass is 306 g/mol. The standard InChI is InChI=1S/C11H13BrClFN2/c12-8-5-4-7(10(14)9(8)13)11(16-15)6-2-1-3-6/h4-6,11,16H,1-3,15H2. The Bertz CT molecular complexity index is 396. The molecule has 0 aliphatic heterocycles. The molecule has 0 radical (unpaired) electrons. The topological polar surface area (TPSA) is 38.0 Å². The predicted molar refractivity (Wildman–Crippen MR) is 66.5 cm³/mol. The van der Waals surface area contributed by atoms with Crippen LogP contribution in [0, 0.1) is 11.7 Å². The number of halogens is 3. The number of hydrazine groups is 1. The molecule has 1 aromatic carbocycles. The molecule has 0 bridgehead atoms. The predicted octanol–water partition coefficient (Wildman–Crippen LogP) is 3.55. The molecule has 1 aromatic rings. The lowest BCUT2D eigenvalue weighted by Gasteiger charge is -2.33. The van der Waals surface area contributed by atoms with Crippen LogP contribution >= 0.6 is 27.5 Å². The molecule has 3 N–H and O–H groups in total. The average molecular weight is 308 g/mol. The Morgan fingerprint density at radius 1 is 1.50 bits per heavy atom.